The van der Waals surface area contributed by atoms with Crippen LogP contribution >= 0.6 is 0 Å². The zero-order valence-electron chi connectivity index (χ0n) is 17.6. The molecule has 8 heteroatoms. The molecule has 0 spiro atoms. The Morgan fingerprint density at radius 2 is 1.88 bits per heavy atom. The van der Waals surface area contributed by atoms with E-state index in [9.17, 15) is 9.18 Å². The standard InChI is InChI=1S/C24H22FN5O2/c1-2-3-13-32-20-9-7-18(8-10-20)21-15-22-23-27-30(16-17-5-4-6-19(25)14-17)24(31)28(23)11-12-29(22)26-21/h4-12,14-15H,2-3,13,16H2,1H3. The van der Waals surface area contributed by atoms with E-state index in [0.29, 0.717) is 23.3 Å². The van der Waals surface area contributed by atoms with E-state index in [1.165, 1.54) is 21.2 Å². The number of hydrogen-bond donors (Lipinski definition) is 0. The van der Waals surface area contributed by atoms with Crippen LogP contribution in [0.5, 0.6) is 5.75 Å². The van der Waals surface area contributed by atoms with Gasteiger partial charge in [0.05, 0.1) is 18.8 Å². The van der Waals surface area contributed by atoms with Gasteiger partial charge >= 0.3 is 5.69 Å². The van der Waals surface area contributed by atoms with E-state index in [-0.39, 0.29) is 18.1 Å². The normalized spacial score (nSPS) is 11.4. The van der Waals surface area contributed by atoms with Gasteiger partial charge in [-0.2, -0.15) is 5.10 Å². The molecule has 0 aliphatic rings. The molecule has 5 aromatic rings. The van der Waals surface area contributed by atoms with E-state index in [2.05, 4.69) is 17.1 Å². The summed E-state index contributed by atoms with van der Waals surface area (Å²) in [5.41, 5.74) is 3.29. The number of halogens is 1. The van der Waals surface area contributed by atoms with E-state index >= 15 is 0 Å². The van der Waals surface area contributed by atoms with Crippen molar-refractivity contribution in [2.24, 2.45) is 0 Å². The summed E-state index contributed by atoms with van der Waals surface area (Å²) >= 11 is 0. The molecule has 0 bridgehead atoms. The Balaban J connectivity index is 1.48. The number of hydrogen-bond acceptors (Lipinski definition) is 4. The predicted molar refractivity (Wildman–Crippen MR) is 120 cm³/mol. The van der Waals surface area contributed by atoms with Crippen molar-refractivity contribution in [3.63, 3.8) is 0 Å². The van der Waals surface area contributed by atoms with Crippen LogP contribution < -0.4 is 10.4 Å². The Kier molecular flexibility index (Phi) is 5.18. The Hall–Kier alpha value is -3.94. The molecule has 0 aliphatic heterocycles. The molecule has 5 rings (SSSR count). The van der Waals surface area contributed by atoms with Crippen molar-refractivity contribution in [1.29, 1.82) is 0 Å². The van der Waals surface area contributed by atoms with E-state index < -0.39 is 0 Å². The largest absolute Gasteiger partial charge is 0.494 e. The van der Waals surface area contributed by atoms with Crippen molar-refractivity contribution in [3.05, 3.63) is 88.9 Å². The number of nitrogens with zero attached hydrogens (tertiary/aromatic N) is 5. The maximum absolute atomic E-state index is 13.5. The molecule has 0 unspecified atom stereocenters. The minimum Gasteiger partial charge on any atom is -0.494 e. The first-order valence-corrected chi connectivity index (χ1v) is 10.6. The van der Waals surface area contributed by atoms with Crippen LogP contribution in [0, 0.1) is 5.82 Å². The maximum atomic E-state index is 13.5. The van der Waals surface area contributed by atoms with E-state index in [0.717, 1.165) is 29.8 Å². The fourth-order valence-corrected chi connectivity index (χ4v) is 3.64. The van der Waals surface area contributed by atoms with Crippen LogP contribution in [0.15, 0.2) is 71.8 Å². The molecular formula is C24H22FN5O2. The van der Waals surface area contributed by atoms with Crippen molar-refractivity contribution >= 4 is 11.2 Å². The van der Waals surface area contributed by atoms with Crippen molar-refractivity contribution < 1.29 is 9.13 Å². The number of ether oxygens (including phenoxy) is 1. The van der Waals surface area contributed by atoms with Crippen molar-refractivity contribution in [2.45, 2.75) is 26.3 Å². The van der Waals surface area contributed by atoms with Gasteiger partial charge in [0.1, 0.15) is 17.1 Å². The lowest BCUT2D eigenvalue weighted by atomic mass is 10.1. The predicted octanol–water partition coefficient (Wildman–Crippen LogP) is 4.18. The number of aromatic nitrogens is 5. The topological polar surface area (TPSA) is 65.8 Å². The molecule has 3 heterocycles. The number of unbranched alkanes of at least 4 members (excludes halogenated alkanes) is 1. The second-order valence-corrected chi connectivity index (χ2v) is 7.65. The highest BCUT2D eigenvalue weighted by Crippen LogP contribution is 2.24. The minimum absolute atomic E-state index is 0.185. The van der Waals surface area contributed by atoms with Gasteiger partial charge in [-0.25, -0.2) is 22.8 Å². The highest BCUT2D eigenvalue weighted by Gasteiger charge is 2.14. The van der Waals surface area contributed by atoms with Crippen molar-refractivity contribution in [3.8, 4) is 17.0 Å². The summed E-state index contributed by atoms with van der Waals surface area (Å²) in [5.74, 6) is 0.486. The van der Waals surface area contributed by atoms with E-state index in [1.807, 2.05) is 30.3 Å². The second-order valence-electron chi connectivity index (χ2n) is 7.65. The van der Waals surface area contributed by atoms with Crippen LogP contribution in [-0.4, -0.2) is 30.4 Å². The van der Waals surface area contributed by atoms with E-state index in [1.54, 1.807) is 29.0 Å². The van der Waals surface area contributed by atoms with Crippen LogP contribution in [0.4, 0.5) is 4.39 Å². The summed E-state index contributed by atoms with van der Waals surface area (Å²) < 4.78 is 23.8. The first-order valence-electron chi connectivity index (χ1n) is 10.6. The van der Waals surface area contributed by atoms with Crippen molar-refractivity contribution in [1.82, 2.24) is 23.8 Å². The number of fused-ring (bicyclic) bond motifs is 3. The van der Waals surface area contributed by atoms with Crippen molar-refractivity contribution in [2.75, 3.05) is 6.61 Å². The molecule has 0 fully saturated rings. The molecule has 0 atom stereocenters. The third-order valence-electron chi connectivity index (χ3n) is 5.33. The number of rotatable bonds is 7. The van der Waals surface area contributed by atoms with Crippen LogP contribution in [0.25, 0.3) is 22.4 Å². The third-order valence-corrected chi connectivity index (χ3v) is 5.33. The summed E-state index contributed by atoms with van der Waals surface area (Å²) in [7, 11) is 0. The second kappa shape index (κ2) is 8.30. The third kappa shape index (κ3) is 3.75. The summed E-state index contributed by atoms with van der Waals surface area (Å²) in [6.45, 7) is 3.02. The lowest BCUT2D eigenvalue weighted by molar-refractivity contribution is 0.309. The molecule has 0 saturated heterocycles. The molecule has 162 valence electrons. The van der Waals surface area contributed by atoms with Gasteiger partial charge in [0, 0.05) is 18.0 Å². The zero-order chi connectivity index (χ0) is 22.1. The highest BCUT2D eigenvalue weighted by atomic mass is 19.1. The lowest BCUT2D eigenvalue weighted by Gasteiger charge is -2.05. The summed E-state index contributed by atoms with van der Waals surface area (Å²) in [6.07, 6.45) is 5.48. The molecule has 0 amide bonds. The first-order chi connectivity index (χ1) is 15.6. The molecule has 0 N–H and O–H groups in total. The lowest BCUT2D eigenvalue weighted by Crippen LogP contribution is -2.21. The zero-order valence-corrected chi connectivity index (χ0v) is 17.6. The van der Waals surface area contributed by atoms with Gasteiger partial charge in [-0.3, -0.25) is 0 Å². The van der Waals surface area contributed by atoms with Gasteiger partial charge in [0.2, 0.25) is 0 Å². The molecule has 7 nitrogen and oxygen atoms in total. The summed E-state index contributed by atoms with van der Waals surface area (Å²) in [5, 5.41) is 9.13. The highest BCUT2D eigenvalue weighted by molar-refractivity contribution is 5.76. The van der Waals surface area contributed by atoms with Gasteiger partial charge in [0.15, 0.2) is 5.65 Å². The molecule has 0 aliphatic carbocycles. The Morgan fingerprint density at radius 3 is 2.66 bits per heavy atom. The van der Waals surface area contributed by atoms with Gasteiger partial charge in [0.25, 0.3) is 0 Å². The van der Waals surface area contributed by atoms with Crippen LogP contribution in [0.3, 0.4) is 0 Å². The smallest absolute Gasteiger partial charge is 0.350 e. The van der Waals surface area contributed by atoms with Crippen LogP contribution in [0.2, 0.25) is 0 Å². The summed E-state index contributed by atoms with van der Waals surface area (Å²) in [4.78, 5) is 12.8. The average Bonchev–Trinajstić information content (AvgIpc) is 3.36. The van der Waals surface area contributed by atoms with Gasteiger partial charge in [-0.15, -0.1) is 5.10 Å². The Bertz CT molecular complexity index is 1450. The van der Waals surface area contributed by atoms with Gasteiger partial charge < -0.3 is 4.74 Å². The van der Waals surface area contributed by atoms with Crippen LogP contribution in [-0.2, 0) is 6.54 Å². The summed E-state index contributed by atoms with van der Waals surface area (Å²) in [6, 6.07) is 15.9. The monoisotopic (exact) mass is 431 g/mol. The van der Waals surface area contributed by atoms with E-state index in [4.69, 9.17) is 4.74 Å². The van der Waals surface area contributed by atoms with Crippen LogP contribution in [0.1, 0.15) is 25.3 Å². The molecule has 3 aromatic heterocycles. The SMILES string of the molecule is CCCCOc1ccc(-c2cc3c4nn(Cc5cccc(F)c5)c(=O)n4ccn3n2)cc1. The van der Waals surface area contributed by atoms with Gasteiger partial charge in [-0.05, 0) is 54.4 Å². The minimum atomic E-state index is -0.344. The quantitative estimate of drug-likeness (QED) is 0.363. The van der Waals surface area contributed by atoms with Gasteiger partial charge in [-0.1, -0.05) is 25.5 Å². The fourth-order valence-electron chi connectivity index (χ4n) is 3.64. The average molecular weight is 431 g/mol. The number of benzene rings is 2. The molecule has 0 radical (unpaired) electrons. The maximum Gasteiger partial charge on any atom is 0.350 e. The molecular weight excluding hydrogens is 409 g/mol. The molecule has 2 aromatic carbocycles. The first kappa shape index (κ1) is 20.0. The Morgan fingerprint density at radius 1 is 1.03 bits per heavy atom. The Labute approximate surface area is 183 Å². The molecule has 0 saturated carbocycles. The fraction of sp³-hybridized carbons (Fsp3) is 0.208. The molecule has 32 heavy (non-hydrogen) atoms.